The fourth-order valence-electron chi connectivity index (χ4n) is 2.11. The van der Waals surface area contributed by atoms with Crippen LogP contribution >= 0.6 is 45.9 Å². The quantitative estimate of drug-likeness (QED) is 0.419. The number of nitrogens with one attached hydrogen (secondary N) is 1. The van der Waals surface area contributed by atoms with Crippen molar-refractivity contribution in [3.8, 4) is 22.1 Å². The highest BCUT2D eigenvalue weighted by atomic mass is 35.5. The molecule has 2 aromatic heterocycles. The highest BCUT2D eigenvalue weighted by molar-refractivity contribution is 7.15. The SMILES string of the molecule is COc1c(Cl)cc(/C=N\Nc2nc(-c3cccs3)cs2)c(OC)c1Cl. The standard InChI is InChI=1S/C16H13Cl2N3O2S2/c1-22-14-9(6-10(17)15(23-2)13(14)18)7-19-21-16-20-11(8-25-16)12-4-3-5-24-12/h3-8H,1-2H3,(H,20,21)/b19-7-. The molecular formula is C16H13Cl2N3O2S2. The fourth-order valence-corrected chi connectivity index (χ4v) is 4.24. The predicted octanol–water partition coefficient (Wildman–Crippen LogP) is 5.64. The first-order chi connectivity index (χ1) is 12.1. The monoisotopic (exact) mass is 413 g/mol. The van der Waals surface area contributed by atoms with Gasteiger partial charge in [0.25, 0.3) is 0 Å². The molecule has 0 atom stereocenters. The van der Waals surface area contributed by atoms with E-state index in [0.29, 0.717) is 32.2 Å². The molecule has 9 heteroatoms. The molecule has 0 radical (unpaired) electrons. The van der Waals surface area contributed by atoms with Crippen LogP contribution in [0.3, 0.4) is 0 Å². The summed E-state index contributed by atoms with van der Waals surface area (Å²) in [4.78, 5) is 5.60. The third-order valence-corrected chi connectivity index (χ3v) is 5.47. The zero-order valence-corrected chi connectivity index (χ0v) is 16.4. The number of nitrogens with zero attached hydrogens (tertiary/aromatic N) is 2. The largest absolute Gasteiger partial charge is 0.494 e. The van der Waals surface area contributed by atoms with Gasteiger partial charge in [-0.25, -0.2) is 4.98 Å². The molecule has 0 saturated heterocycles. The summed E-state index contributed by atoms with van der Waals surface area (Å²) in [6, 6.07) is 5.70. The van der Waals surface area contributed by atoms with E-state index >= 15 is 0 Å². The first-order valence-electron chi connectivity index (χ1n) is 7.02. The highest BCUT2D eigenvalue weighted by Crippen LogP contribution is 2.41. The van der Waals surface area contributed by atoms with Crippen LogP contribution < -0.4 is 14.9 Å². The lowest BCUT2D eigenvalue weighted by Crippen LogP contribution is -1.97. The normalized spacial score (nSPS) is 11.0. The Labute approximate surface area is 162 Å². The maximum Gasteiger partial charge on any atom is 0.203 e. The second kappa shape index (κ2) is 8.05. The Bertz CT molecular complexity index is 895. The molecule has 1 N–H and O–H groups in total. The van der Waals surface area contributed by atoms with Crippen LogP contribution in [0, 0.1) is 0 Å². The van der Waals surface area contributed by atoms with Crippen molar-refractivity contribution in [3.05, 3.63) is 44.6 Å². The Morgan fingerprint density at radius 2 is 2.00 bits per heavy atom. The van der Waals surface area contributed by atoms with E-state index in [1.165, 1.54) is 25.6 Å². The summed E-state index contributed by atoms with van der Waals surface area (Å²) in [6.07, 6.45) is 1.57. The molecule has 0 unspecified atom stereocenters. The molecule has 0 fully saturated rings. The van der Waals surface area contributed by atoms with E-state index in [1.54, 1.807) is 23.6 Å². The molecule has 0 aliphatic heterocycles. The third kappa shape index (κ3) is 3.90. The first kappa shape index (κ1) is 18.0. The molecule has 3 rings (SSSR count). The summed E-state index contributed by atoms with van der Waals surface area (Å²) in [5.74, 6) is 0.803. The molecular weight excluding hydrogens is 401 g/mol. The van der Waals surface area contributed by atoms with Gasteiger partial charge in [0.05, 0.1) is 36.0 Å². The van der Waals surface area contributed by atoms with Gasteiger partial charge >= 0.3 is 0 Å². The molecule has 0 saturated carbocycles. The number of hydrogen-bond donors (Lipinski definition) is 1. The second-order valence-corrected chi connectivity index (χ2v) is 7.30. The summed E-state index contributed by atoms with van der Waals surface area (Å²) in [7, 11) is 3.02. The molecule has 5 nitrogen and oxygen atoms in total. The van der Waals surface area contributed by atoms with Crippen molar-refractivity contribution < 1.29 is 9.47 Å². The van der Waals surface area contributed by atoms with E-state index in [-0.39, 0.29) is 0 Å². The summed E-state index contributed by atoms with van der Waals surface area (Å²) in [5, 5.41) is 9.55. The van der Waals surface area contributed by atoms with Gasteiger partial charge in [0.15, 0.2) is 5.75 Å². The average Bonchev–Trinajstić information content (AvgIpc) is 3.26. The van der Waals surface area contributed by atoms with Crippen LogP contribution in [0.4, 0.5) is 5.13 Å². The van der Waals surface area contributed by atoms with E-state index < -0.39 is 0 Å². The maximum absolute atomic E-state index is 6.25. The van der Waals surface area contributed by atoms with E-state index in [4.69, 9.17) is 32.7 Å². The minimum atomic E-state index is 0.299. The smallest absolute Gasteiger partial charge is 0.203 e. The number of thiophene rings is 1. The Morgan fingerprint density at radius 3 is 2.68 bits per heavy atom. The van der Waals surface area contributed by atoms with Crippen molar-refractivity contribution in [2.24, 2.45) is 5.10 Å². The van der Waals surface area contributed by atoms with Crippen molar-refractivity contribution in [1.29, 1.82) is 0 Å². The Balaban J connectivity index is 1.79. The first-order valence-corrected chi connectivity index (χ1v) is 9.54. The van der Waals surface area contributed by atoms with Crippen LogP contribution in [0.15, 0.2) is 34.1 Å². The Kier molecular flexibility index (Phi) is 5.80. The van der Waals surface area contributed by atoms with Crippen molar-refractivity contribution in [1.82, 2.24) is 4.98 Å². The molecule has 0 spiro atoms. The number of hydrazone groups is 1. The van der Waals surface area contributed by atoms with Crippen molar-refractivity contribution >= 4 is 57.2 Å². The van der Waals surface area contributed by atoms with Crippen LogP contribution in [0.2, 0.25) is 10.0 Å². The van der Waals surface area contributed by atoms with Gasteiger partial charge in [0, 0.05) is 10.9 Å². The van der Waals surface area contributed by atoms with Gasteiger partial charge in [0.2, 0.25) is 5.13 Å². The zero-order valence-electron chi connectivity index (χ0n) is 13.2. The molecule has 3 aromatic rings. The fraction of sp³-hybridized carbons (Fsp3) is 0.125. The van der Waals surface area contributed by atoms with E-state index in [0.717, 1.165) is 10.6 Å². The molecule has 0 bridgehead atoms. The minimum Gasteiger partial charge on any atom is -0.494 e. The molecule has 0 aliphatic rings. The number of benzene rings is 1. The number of ether oxygens (including phenoxy) is 2. The van der Waals surface area contributed by atoms with Gasteiger partial charge in [-0.1, -0.05) is 29.3 Å². The Morgan fingerprint density at radius 1 is 1.20 bits per heavy atom. The third-order valence-electron chi connectivity index (χ3n) is 3.21. The van der Waals surface area contributed by atoms with Gasteiger partial charge in [0.1, 0.15) is 10.8 Å². The zero-order chi connectivity index (χ0) is 17.8. The lowest BCUT2D eigenvalue weighted by atomic mass is 10.2. The summed E-state index contributed by atoms with van der Waals surface area (Å²) in [5.41, 5.74) is 4.45. The lowest BCUT2D eigenvalue weighted by Gasteiger charge is -2.12. The Hall–Kier alpha value is -1.80. The highest BCUT2D eigenvalue weighted by Gasteiger charge is 2.16. The van der Waals surface area contributed by atoms with Gasteiger partial charge in [-0.2, -0.15) is 5.10 Å². The van der Waals surface area contributed by atoms with Crippen molar-refractivity contribution in [2.45, 2.75) is 0 Å². The number of methoxy groups -OCH3 is 2. The average molecular weight is 414 g/mol. The predicted molar refractivity (Wildman–Crippen MR) is 106 cm³/mol. The molecule has 0 amide bonds. The van der Waals surface area contributed by atoms with E-state index in [9.17, 15) is 0 Å². The number of halogens is 2. The number of anilines is 1. The van der Waals surface area contributed by atoms with Crippen LogP contribution in [-0.4, -0.2) is 25.4 Å². The molecule has 2 heterocycles. The minimum absolute atomic E-state index is 0.299. The maximum atomic E-state index is 6.25. The summed E-state index contributed by atoms with van der Waals surface area (Å²) in [6.45, 7) is 0. The van der Waals surface area contributed by atoms with Crippen molar-refractivity contribution in [3.63, 3.8) is 0 Å². The molecule has 130 valence electrons. The van der Waals surface area contributed by atoms with E-state index in [2.05, 4.69) is 15.5 Å². The van der Waals surface area contributed by atoms with Gasteiger partial charge < -0.3 is 9.47 Å². The van der Waals surface area contributed by atoms with Gasteiger partial charge in [-0.3, -0.25) is 5.43 Å². The number of hydrogen-bond acceptors (Lipinski definition) is 7. The number of rotatable bonds is 6. The molecule has 25 heavy (non-hydrogen) atoms. The van der Waals surface area contributed by atoms with Gasteiger partial charge in [-0.05, 0) is 17.5 Å². The lowest BCUT2D eigenvalue weighted by molar-refractivity contribution is 0.394. The van der Waals surface area contributed by atoms with Gasteiger partial charge in [-0.15, -0.1) is 22.7 Å². The molecule has 0 aliphatic carbocycles. The van der Waals surface area contributed by atoms with Crippen LogP contribution in [0.25, 0.3) is 10.6 Å². The summed E-state index contributed by atoms with van der Waals surface area (Å²) < 4.78 is 10.5. The van der Waals surface area contributed by atoms with Crippen LogP contribution in [0.5, 0.6) is 11.5 Å². The molecule has 1 aromatic carbocycles. The second-order valence-electron chi connectivity index (χ2n) is 4.71. The number of aromatic nitrogens is 1. The topological polar surface area (TPSA) is 55.7 Å². The van der Waals surface area contributed by atoms with Crippen LogP contribution in [0.1, 0.15) is 5.56 Å². The number of thiazole rings is 1. The van der Waals surface area contributed by atoms with Crippen LogP contribution in [-0.2, 0) is 0 Å². The summed E-state index contributed by atoms with van der Waals surface area (Å²) >= 11 is 15.5. The van der Waals surface area contributed by atoms with Crippen molar-refractivity contribution in [2.75, 3.05) is 19.6 Å². The van der Waals surface area contributed by atoms with E-state index in [1.807, 2.05) is 22.9 Å².